The minimum atomic E-state index is -0.639. The molecule has 0 N–H and O–H groups in total. The molecule has 0 rings (SSSR count). The minimum Gasteiger partial charge on any atom is -0.309 e. The third kappa shape index (κ3) is 22.8. The third-order valence-electron chi connectivity index (χ3n) is 0. The van der Waals surface area contributed by atoms with Gasteiger partial charge >= 0.3 is 33.5 Å². The fraction of sp³-hybridized carbons (Fsp3) is 0. The topological polar surface area (TPSA) is 0 Å². The van der Waals surface area contributed by atoms with Crippen LogP contribution in [0.2, 0.25) is 0 Å². The summed E-state index contributed by atoms with van der Waals surface area (Å²) in [7, 11) is 14.6. The van der Waals surface area contributed by atoms with Gasteiger partial charge in [0.25, 0.3) is 0 Å². The molecule has 5 heavy (non-hydrogen) atoms. The Kier molecular flexibility index (Phi) is 33.5. The lowest BCUT2D eigenvalue weighted by molar-refractivity contribution is 4.39. The summed E-state index contributed by atoms with van der Waals surface area (Å²) in [4.78, 5) is 0. The molecule has 0 aromatic carbocycles. The molecule has 0 aliphatic rings. The highest BCUT2D eigenvalue weighted by Gasteiger charge is 1.64. The molecule has 0 saturated carbocycles. The zero-order valence-electron chi connectivity index (χ0n) is 2.84. The number of halogens is 3. The molecule has 0 saturated heterocycles. The Bertz CT molecular complexity index is 6.85. The molecule has 0 heterocycles. The van der Waals surface area contributed by atoms with Crippen LogP contribution >= 0.6 is 28.2 Å². The van der Waals surface area contributed by atoms with Crippen molar-refractivity contribution in [2.75, 3.05) is 0 Å². The van der Waals surface area contributed by atoms with E-state index in [4.69, 9.17) is 28.2 Å². The average Bonchev–Trinajstić information content (AvgIpc) is 1.46. The van der Waals surface area contributed by atoms with Crippen LogP contribution in [0.15, 0.2) is 0 Å². The molecule has 0 unspecified atom stereocenters. The second kappa shape index (κ2) is 16.4. The molecule has 0 aliphatic heterocycles. The van der Waals surface area contributed by atoms with Crippen molar-refractivity contribution in [3.8, 4) is 0 Å². The normalized spacial score (nSPS) is 3.00. The maximum absolute atomic E-state index is 4.90. The van der Waals surface area contributed by atoms with Crippen LogP contribution in [0, 0.1) is 0 Å². The molecule has 0 radical (unpaired) electrons. The van der Waals surface area contributed by atoms with Crippen LogP contribution in [0.5, 0.6) is 0 Å². The predicted molar refractivity (Wildman–Crippen MR) is 31.9 cm³/mol. The van der Waals surface area contributed by atoms with Gasteiger partial charge in [-0.25, -0.2) is 0 Å². The van der Waals surface area contributed by atoms with Crippen LogP contribution in [-0.2, 0) is 0 Å². The maximum atomic E-state index is 4.90. The Labute approximate surface area is 61.1 Å². The van der Waals surface area contributed by atoms with E-state index >= 15 is 0 Å². The van der Waals surface area contributed by atoms with Crippen molar-refractivity contribution in [2.45, 2.75) is 0 Å². The van der Waals surface area contributed by atoms with E-state index in [-0.39, 0.29) is 0 Å². The van der Waals surface area contributed by atoms with Gasteiger partial charge in [-0.1, -0.05) is 0 Å². The van der Waals surface area contributed by atoms with E-state index in [0.717, 1.165) is 15.4 Å². The lowest BCUT2D eigenvalue weighted by Gasteiger charge is -1.33. The van der Waals surface area contributed by atoms with Gasteiger partial charge in [0.2, 0.25) is 0 Å². The van der Waals surface area contributed by atoms with Crippen molar-refractivity contribution in [2.24, 2.45) is 0 Å². The largest absolute Gasteiger partial charge is 0.618 e. The SMILES string of the molecule is [AlH2][Cl].[Cl][Mg][Cl]. The first-order chi connectivity index (χ1) is 2.41. The third-order valence-corrected chi connectivity index (χ3v) is 0. The van der Waals surface area contributed by atoms with Gasteiger partial charge in [-0.2, -0.15) is 0 Å². The molecule has 28 valence electrons. The molecule has 0 aromatic rings. The van der Waals surface area contributed by atoms with Crippen molar-refractivity contribution >= 4 is 61.7 Å². The van der Waals surface area contributed by atoms with Gasteiger partial charge in [-0.15, -0.1) is 0 Å². The molecule has 0 fully saturated rings. The Morgan fingerprint density at radius 3 is 1.20 bits per heavy atom. The second-order valence-electron chi connectivity index (χ2n) is 0.101. The summed E-state index contributed by atoms with van der Waals surface area (Å²) in [6, 6.07) is 0. The molecule has 0 aromatic heterocycles. The van der Waals surface area contributed by atoms with Crippen molar-refractivity contribution in [3.63, 3.8) is 0 Å². The highest BCUT2D eigenvalue weighted by molar-refractivity contribution is 7.22. The first kappa shape index (κ1) is 10.2. The molecular weight excluding hydrogens is 158 g/mol. The van der Waals surface area contributed by atoms with Crippen molar-refractivity contribution < 1.29 is 0 Å². The molecule has 0 spiro atoms. The van der Waals surface area contributed by atoms with Gasteiger partial charge in [-0.05, 0) is 0 Å². The van der Waals surface area contributed by atoms with Gasteiger partial charge in [-0.3, -0.25) is 10.0 Å². The molecule has 0 amide bonds. The van der Waals surface area contributed by atoms with Gasteiger partial charge in [0, 0.05) is 0 Å². The van der Waals surface area contributed by atoms with Gasteiger partial charge < -0.3 is 18.1 Å². The van der Waals surface area contributed by atoms with Crippen molar-refractivity contribution in [1.29, 1.82) is 0 Å². The van der Waals surface area contributed by atoms with E-state index in [1.54, 1.807) is 0 Å². The Hall–Kier alpha value is 2.17. The van der Waals surface area contributed by atoms with E-state index in [9.17, 15) is 0 Å². The highest BCUT2D eigenvalue weighted by Crippen LogP contribution is 1.67. The van der Waals surface area contributed by atoms with Crippen molar-refractivity contribution in [3.05, 3.63) is 0 Å². The molecule has 0 bridgehead atoms. The molecular formula is H2AlCl3Mg. The van der Waals surface area contributed by atoms with Crippen LogP contribution < -0.4 is 0 Å². The van der Waals surface area contributed by atoms with E-state index in [1.165, 1.54) is 0 Å². The number of rotatable bonds is 0. The monoisotopic (exact) mass is 158 g/mol. The number of hydrogen-bond donors (Lipinski definition) is 0. The average molecular weight is 160 g/mol. The molecule has 0 aliphatic carbocycles. The summed E-state index contributed by atoms with van der Waals surface area (Å²) in [6.07, 6.45) is 0. The molecule has 5 heteroatoms. The van der Waals surface area contributed by atoms with Crippen LogP contribution in [0.1, 0.15) is 0 Å². The van der Waals surface area contributed by atoms with Gasteiger partial charge in [0.05, 0.1) is 0 Å². The fourth-order valence-corrected chi connectivity index (χ4v) is 0. The summed E-state index contributed by atoms with van der Waals surface area (Å²) in [5.41, 5.74) is 0. The quantitative estimate of drug-likeness (QED) is 0.458. The zero-order valence-corrected chi connectivity index (χ0v) is 8.52. The summed E-state index contributed by atoms with van der Waals surface area (Å²) in [6.45, 7) is 0. The standard InChI is InChI=1S/Al.3ClH.Mg.2H/h;3*1H;;;/q+1;;;;+2;;/p-3. The first-order valence-corrected chi connectivity index (χ1v) is 8.21. The van der Waals surface area contributed by atoms with Gasteiger partial charge in [0.1, 0.15) is 0 Å². The summed E-state index contributed by atoms with van der Waals surface area (Å²) >= 11 is 0.139. The Balaban J connectivity index is 0. The highest BCUT2D eigenvalue weighted by atomic mass is 35.6. The van der Waals surface area contributed by atoms with E-state index < -0.39 is 18.2 Å². The zero-order chi connectivity index (χ0) is 4.71. The Morgan fingerprint density at radius 2 is 1.20 bits per heavy atom. The summed E-state index contributed by atoms with van der Waals surface area (Å²) in [5, 5.41) is 0. The maximum Gasteiger partial charge on any atom is 0.618 e. The van der Waals surface area contributed by atoms with Gasteiger partial charge in [0.15, 0.2) is 0 Å². The smallest absolute Gasteiger partial charge is 0.309 e. The van der Waals surface area contributed by atoms with E-state index in [1.807, 2.05) is 0 Å². The van der Waals surface area contributed by atoms with Crippen molar-refractivity contribution in [1.82, 2.24) is 0 Å². The van der Waals surface area contributed by atoms with Crippen LogP contribution in [0.3, 0.4) is 0 Å². The van der Waals surface area contributed by atoms with E-state index in [2.05, 4.69) is 0 Å². The predicted octanol–water partition coefficient (Wildman–Crippen LogP) is 0.771. The lowest BCUT2D eigenvalue weighted by Crippen LogP contribution is -1.36. The number of hydrogen-bond acceptors (Lipinski definition) is 0. The second-order valence-corrected chi connectivity index (χ2v) is 2.73. The minimum absolute atomic E-state index is 0.639. The van der Waals surface area contributed by atoms with Crippen LogP contribution in [0.4, 0.5) is 0 Å². The Morgan fingerprint density at radius 1 is 1.20 bits per heavy atom. The van der Waals surface area contributed by atoms with Crippen LogP contribution in [0.25, 0.3) is 0 Å². The first-order valence-electron chi connectivity index (χ1n) is 0.912. The summed E-state index contributed by atoms with van der Waals surface area (Å²) < 4.78 is 0. The fourth-order valence-electron chi connectivity index (χ4n) is 0. The molecule has 0 atom stereocenters. The van der Waals surface area contributed by atoms with Crippen LogP contribution in [-0.4, -0.2) is 33.5 Å². The molecule has 0 nitrogen and oxygen atoms in total. The van der Waals surface area contributed by atoms with E-state index in [0.29, 0.717) is 0 Å². The summed E-state index contributed by atoms with van der Waals surface area (Å²) in [5.74, 6) is 0. The lowest BCUT2D eigenvalue weighted by atomic mass is 24.1.